The fourth-order valence-electron chi connectivity index (χ4n) is 1.87. The lowest BCUT2D eigenvalue weighted by Crippen LogP contribution is -2.51. The third kappa shape index (κ3) is 5.20. The van der Waals surface area contributed by atoms with Crippen molar-refractivity contribution < 1.29 is 4.79 Å². The molecule has 0 aliphatic heterocycles. The Hall–Kier alpha value is -0.370. The van der Waals surface area contributed by atoms with Crippen LogP contribution in [0.15, 0.2) is 0 Å². The van der Waals surface area contributed by atoms with Crippen LogP contribution in [0.2, 0.25) is 0 Å². The zero-order valence-corrected chi connectivity index (χ0v) is 13.1. The molecule has 0 bridgehead atoms. The van der Waals surface area contributed by atoms with Crippen LogP contribution < -0.4 is 0 Å². The lowest BCUT2D eigenvalue weighted by molar-refractivity contribution is -0.133. The van der Waals surface area contributed by atoms with E-state index in [-0.39, 0.29) is 17.0 Å². The van der Waals surface area contributed by atoms with E-state index in [9.17, 15) is 4.79 Å². The molecule has 0 amide bonds. The first kappa shape index (κ1) is 16.6. The minimum Gasteiger partial charge on any atom is -0.297 e. The number of carbonyl (C=O) groups is 1. The molecule has 0 saturated heterocycles. The normalized spacial score (nSPS) is 15.1. The highest BCUT2D eigenvalue weighted by molar-refractivity contribution is 5.88. The van der Waals surface area contributed by atoms with Gasteiger partial charge in [-0.1, -0.05) is 40.5 Å². The molecule has 0 rings (SSSR count). The molecular weight excluding hydrogens is 210 g/mol. The summed E-state index contributed by atoms with van der Waals surface area (Å²) in [4.78, 5) is 14.7. The molecule has 0 aromatic heterocycles. The van der Waals surface area contributed by atoms with Crippen LogP contribution in [0, 0.1) is 5.41 Å². The molecule has 0 aliphatic rings. The molecule has 0 unspecified atom stereocenters. The number of ketones is 1. The van der Waals surface area contributed by atoms with E-state index in [4.69, 9.17) is 0 Å². The Morgan fingerprint density at radius 1 is 1.12 bits per heavy atom. The summed E-state index contributed by atoms with van der Waals surface area (Å²) in [5.74, 6) is 0.364. The molecule has 0 aliphatic carbocycles. The molecule has 2 heteroatoms. The lowest BCUT2D eigenvalue weighted by atomic mass is 9.83. The Balaban J connectivity index is 4.95. The van der Waals surface area contributed by atoms with E-state index in [0.717, 1.165) is 19.3 Å². The Bertz CT molecular complexity index is 245. The molecule has 17 heavy (non-hydrogen) atoms. The first-order valence-electron chi connectivity index (χ1n) is 6.79. The smallest absolute Gasteiger partial charge is 0.155 e. The molecule has 0 aromatic carbocycles. The molecule has 0 spiro atoms. The van der Waals surface area contributed by atoms with Crippen molar-refractivity contribution in [3.63, 3.8) is 0 Å². The van der Waals surface area contributed by atoms with Gasteiger partial charge in [-0.3, -0.25) is 9.69 Å². The van der Waals surface area contributed by atoms with E-state index in [0.29, 0.717) is 5.78 Å². The van der Waals surface area contributed by atoms with E-state index in [1.54, 1.807) is 0 Å². The molecule has 0 saturated carbocycles. The highest BCUT2D eigenvalue weighted by Gasteiger charge is 2.35. The predicted octanol–water partition coefficient (Wildman–Crippen LogP) is 3.89. The van der Waals surface area contributed by atoms with Crippen LogP contribution in [0.25, 0.3) is 0 Å². The van der Waals surface area contributed by atoms with Gasteiger partial charge < -0.3 is 0 Å². The Morgan fingerprint density at radius 3 is 1.88 bits per heavy atom. The van der Waals surface area contributed by atoms with E-state index in [1.807, 2.05) is 20.8 Å². The zero-order valence-electron chi connectivity index (χ0n) is 13.1. The zero-order chi connectivity index (χ0) is 13.9. The maximum Gasteiger partial charge on any atom is 0.155 e. The van der Waals surface area contributed by atoms with Crippen molar-refractivity contribution in [1.82, 2.24) is 4.90 Å². The van der Waals surface area contributed by atoms with Crippen LogP contribution in [0.5, 0.6) is 0 Å². The van der Waals surface area contributed by atoms with Crippen LogP contribution in [0.3, 0.4) is 0 Å². The third-order valence-corrected chi connectivity index (χ3v) is 3.40. The van der Waals surface area contributed by atoms with Crippen molar-refractivity contribution in [3.05, 3.63) is 0 Å². The second-order valence-corrected chi connectivity index (χ2v) is 7.05. The summed E-state index contributed by atoms with van der Waals surface area (Å²) in [7, 11) is 2.07. The van der Waals surface area contributed by atoms with Crippen molar-refractivity contribution >= 4 is 5.78 Å². The van der Waals surface area contributed by atoms with Gasteiger partial charge in [-0.15, -0.1) is 0 Å². The van der Waals surface area contributed by atoms with Crippen LogP contribution in [-0.4, -0.2) is 29.3 Å². The first-order chi connectivity index (χ1) is 7.51. The Morgan fingerprint density at radius 2 is 1.59 bits per heavy atom. The summed E-state index contributed by atoms with van der Waals surface area (Å²) < 4.78 is 0. The standard InChI is InChI=1S/C15H31NO/c1-9-10-11-12(13(17)14(2,3)4)16(8)15(5,6)7/h12H,9-11H2,1-8H3/t12-/m0/s1. The summed E-state index contributed by atoms with van der Waals surface area (Å²) >= 11 is 0. The molecule has 0 aromatic rings. The molecule has 102 valence electrons. The van der Waals surface area contributed by atoms with E-state index in [1.165, 1.54) is 0 Å². The average molecular weight is 241 g/mol. The molecule has 0 N–H and O–H groups in total. The highest BCUT2D eigenvalue weighted by atomic mass is 16.1. The molecular formula is C15H31NO. The van der Waals surface area contributed by atoms with Crippen molar-refractivity contribution in [3.8, 4) is 0 Å². The number of hydrogen-bond donors (Lipinski definition) is 0. The van der Waals surface area contributed by atoms with Gasteiger partial charge in [-0.2, -0.15) is 0 Å². The van der Waals surface area contributed by atoms with Gasteiger partial charge in [-0.25, -0.2) is 0 Å². The number of likely N-dealkylation sites (N-methyl/N-ethyl adjacent to an activating group) is 1. The minimum absolute atomic E-state index is 0.0410. The van der Waals surface area contributed by atoms with E-state index in [2.05, 4.69) is 39.6 Å². The topological polar surface area (TPSA) is 20.3 Å². The lowest BCUT2D eigenvalue weighted by Gasteiger charge is -2.40. The van der Waals surface area contributed by atoms with Crippen LogP contribution in [-0.2, 0) is 4.79 Å². The number of rotatable bonds is 5. The van der Waals surface area contributed by atoms with E-state index >= 15 is 0 Å². The second-order valence-electron chi connectivity index (χ2n) is 7.05. The van der Waals surface area contributed by atoms with Crippen molar-refractivity contribution in [1.29, 1.82) is 0 Å². The van der Waals surface area contributed by atoms with Gasteiger partial charge in [0.15, 0.2) is 5.78 Å². The van der Waals surface area contributed by atoms with Gasteiger partial charge >= 0.3 is 0 Å². The molecule has 1 atom stereocenters. The van der Waals surface area contributed by atoms with Gasteiger partial charge in [0, 0.05) is 11.0 Å². The second kappa shape index (κ2) is 5.99. The number of nitrogens with zero attached hydrogens (tertiary/aromatic N) is 1. The van der Waals surface area contributed by atoms with Gasteiger partial charge in [0.25, 0.3) is 0 Å². The number of hydrogen-bond acceptors (Lipinski definition) is 2. The van der Waals surface area contributed by atoms with Gasteiger partial charge in [0.2, 0.25) is 0 Å². The van der Waals surface area contributed by atoms with Crippen LogP contribution in [0.4, 0.5) is 0 Å². The van der Waals surface area contributed by atoms with Crippen molar-refractivity contribution in [2.24, 2.45) is 5.41 Å². The summed E-state index contributed by atoms with van der Waals surface area (Å²) in [6, 6.07) is 0.0509. The van der Waals surface area contributed by atoms with Crippen LogP contribution >= 0.6 is 0 Å². The fourth-order valence-corrected chi connectivity index (χ4v) is 1.87. The quantitative estimate of drug-likeness (QED) is 0.728. The number of Topliss-reactive ketones (excluding diaryl/α,β-unsaturated/α-hetero) is 1. The van der Waals surface area contributed by atoms with Crippen molar-refractivity contribution in [2.45, 2.75) is 79.3 Å². The fraction of sp³-hybridized carbons (Fsp3) is 0.933. The monoisotopic (exact) mass is 241 g/mol. The Labute approximate surface area is 108 Å². The maximum atomic E-state index is 12.5. The first-order valence-corrected chi connectivity index (χ1v) is 6.79. The molecule has 0 radical (unpaired) electrons. The van der Waals surface area contributed by atoms with Gasteiger partial charge in [-0.05, 0) is 34.2 Å². The predicted molar refractivity (Wildman–Crippen MR) is 75.3 cm³/mol. The summed E-state index contributed by atoms with van der Waals surface area (Å²) in [6.45, 7) is 14.7. The highest BCUT2D eigenvalue weighted by Crippen LogP contribution is 2.26. The number of carbonyl (C=O) groups excluding carboxylic acids is 1. The molecule has 0 heterocycles. The third-order valence-electron chi connectivity index (χ3n) is 3.40. The maximum absolute atomic E-state index is 12.5. The van der Waals surface area contributed by atoms with Crippen LogP contribution in [0.1, 0.15) is 67.7 Å². The summed E-state index contributed by atoms with van der Waals surface area (Å²) in [6.07, 6.45) is 3.24. The average Bonchev–Trinajstić information content (AvgIpc) is 2.14. The van der Waals surface area contributed by atoms with E-state index < -0.39 is 0 Å². The molecule has 2 nitrogen and oxygen atoms in total. The van der Waals surface area contributed by atoms with Gasteiger partial charge in [0.05, 0.1) is 6.04 Å². The SMILES string of the molecule is CCCC[C@@H](C(=O)C(C)(C)C)N(C)C(C)(C)C. The van der Waals surface area contributed by atoms with Crippen molar-refractivity contribution in [2.75, 3.05) is 7.05 Å². The molecule has 0 fully saturated rings. The largest absolute Gasteiger partial charge is 0.297 e. The number of unbranched alkanes of at least 4 members (excludes halogenated alkanes) is 1. The summed E-state index contributed by atoms with van der Waals surface area (Å²) in [5.41, 5.74) is -0.211. The Kier molecular flexibility index (Phi) is 5.86. The summed E-state index contributed by atoms with van der Waals surface area (Å²) in [5, 5.41) is 0. The van der Waals surface area contributed by atoms with Gasteiger partial charge in [0.1, 0.15) is 0 Å². The minimum atomic E-state index is -0.252.